The molecule has 1 atom stereocenters. The summed E-state index contributed by atoms with van der Waals surface area (Å²) >= 11 is 5.91. The molecule has 0 fully saturated rings. The molecule has 122 valence electrons. The van der Waals surface area contributed by atoms with E-state index < -0.39 is 18.0 Å². The molecule has 0 heterocycles. The Morgan fingerprint density at radius 2 is 2.00 bits per heavy atom. The number of nitriles is 1. The van der Waals surface area contributed by atoms with Crippen LogP contribution < -0.4 is 5.32 Å². The molecule has 1 N–H and O–H groups in total. The fourth-order valence-electron chi connectivity index (χ4n) is 1.96. The van der Waals surface area contributed by atoms with Crippen molar-refractivity contribution in [3.8, 4) is 6.07 Å². The SMILES string of the molecule is Cc1ccc(Cl)cc1NC(=O)[C@@H](C)OC(=O)c1cccc(C#N)c1. The lowest BCUT2D eigenvalue weighted by molar-refractivity contribution is -0.123. The Balaban J connectivity index is 2.04. The number of anilines is 1. The van der Waals surface area contributed by atoms with Gasteiger partial charge in [0.2, 0.25) is 0 Å². The summed E-state index contributed by atoms with van der Waals surface area (Å²) in [7, 11) is 0. The molecule has 0 aliphatic rings. The summed E-state index contributed by atoms with van der Waals surface area (Å²) in [6, 6.07) is 13.2. The summed E-state index contributed by atoms with van der Waals surface area (Å²) in [5.41, 5.74) is 1.96. The Labute approximate surface area is 144 Å². The molecule has 5 nitrogen and oxygen atoms in total. The zero-order valence-electron chi connectivity index (χ0n) is 13.2. The number of benzene rings is 2. The molecule has 0 spiro atoms. The van der Waals surface area contributed by atoms with Gasteiger partial charge in [0.15, 0.2) is 6.10 Å². The third-order valence-corrected chi connectivity index (χ3v) is 3.57. The van der Waals surface area contributed by atoms with Gasteiger partial charge in [-0.05, 0) is 49.7 Å². The van der Waals surface area contributed by atoms with Crippen LogP contribution in [0.4, 0.5) is 5.69 Å². The minimum atomic E-state index is -0.998. The quantitative estimate of drug-likeness (QED) is 0.859. The van der Waals surface area contributed by atoms with Crippen LogP contribution in [0.15, 0.2) is 42.5 Å². The second kappa shape index (κ2) is 7.62. The second-order valence-electron chi connectivity index (χ2n) is 5.19. The summed E-state index contributed by atoms with van der Waals surface area (Å²) in [5, 5.41) is 12.0. The maximum atomic E-state index is 12.2. The van der Waals surface area contributed by atoms with Crippen molar-refractivity contribution in [2.24, 2.45) is 0 Å². The molecule has 2 aromatic carbocycles. The van der Waals surface area contributed by atoms with Gasteiger partial charge in [-0.3, -0.25) is 4.79 Å². The van der Waals surface area contributed by atoms with Crippen LogP contribution in [-0.4, -0.2) is 18.0 Å². The van der Waals surface area contributed by atoms with Gasteiger partial charge in [-0.1, -0.05) is 23.7 Å². The van der Waals surface area contributed by atoms with Gasteiger partial charge in [0.1, 0.15) is 0 Å². The highest BCUT2D eigenvalue weighted by atomic mass is 35.5. The molecule has 24 heavy (non-hydrogen) atoms. The molecule has 0 radical (unpaired) electrons. The van der Waals surface area contributed by atoms with Crippen molar-refractivity contribution < 1.29 is 14.3 Å². The highest BCUT2D eigenvalue weighted by Gasteiger charge is 2.20. The first-order valence-electron chi connectivity index (χ1n) is 7.19. The molecule has 0 unspecified atom stereocenters. The van der Waals surface area contributed by atoms with Crippen LogP contribution in [0.25, 0.3) is 0 Å². The molecule has 6 heteroatoms. The highest BCUT2D eigenvalue weighted by Crippen LogP contribution is 2.20. The minimum Gasteiger partial charge on any atom is -0.449 e. The molecule has 0 saturated carbocycles. The molecule has 0 bridgehead atoms. The maximum absolute atomic E-state index is 12.2. The van der Waals surface area contributed by atoms with Crippen molar-refractivity contribution in [2.75, 3.05) is 5.32 Å². The summed E-state index contributed by atoms with van der Waals surface area (Å²) in [5.74, 6) is -1.14. The van der Waals surface area contributed by atoms with E-state index in [2.05, 4.69) is 5.32 Å². The molecule has 1 amide bonds. The van der Waals surface area contributed by atoms with Crippen LogP contribution >= 0.6 is 11.6 Å². The van der Waals surface area contributed by atoms with Gasteiger partial charge in [-0.25, -0.2) is 4.79 Å². The van der Waals surface area contributed by atoms with E-state index in [9.17, 15) is 9.59 Å². The third-order valence-electron chi connectivity index (χ3n) is 3.34. The number of nitrogens with one attached hydrogen (secondary N) is 1. The number of amides is 1. The summed E-state index contributed by atoms with van der Waals surface area (Å²) in [6.07, 6.45) is -0.998. The predicted octanol–water partition coefficient (Wildman–Crippen LogP) is 3.70. The lowest BCUT2D eigenvalue weighted by atomic mass is 10.1. The Morgan fingerprint density at radius 3 is 2.71 bits per heavy atom. The topological polar surface area (TPSA) is 79.2 Å². The van der Waals surface area contributed by atoms with Crippen LogP contribution in [-0.2, 0) is 9.53 Å². The number of carbonyl (C=O) groups is 2. The van der Waals surface area contributed by atoms with Gasteiger partial charge in [-0.15, -0.1) is 0 Å². The molecule has 0 aromatic heterocycles. The number of esters is 1. The Kier molecular flexibility index (Phi) is 5.56. The molecule has 0 saturated heterocycles. The zero-order valence-corrected chi connectivity index (χ0v) is 13.9. The van der Waals surface area contributed by atoms with Gasteiger partial charge in [0.25, 0.3) is 5.91 Å². The van der Waals surface area contributed by atoms with E-state index in [0.29, 0.717) is 16.3 Å². The first-order valence-corrected chi connectivity index (χ1v) is 7.56. The van der Waals surface area contributed by atoms with Crippen LogP contribution in [0.1, 0.15) is 28.4 Å². The average Bonchev–Trinajstić information content (AvgIpc) is 2.58. The third kappa shape index (κ3) is 4.34. The highest BCUT2D eigenvalue weighted by molar-refractivity contribution is 6.31. The first kappa shape index (κ1) is 17.5. The van der Waals surface area contributed by atoms with E-state index >= 15 is 0 Å². The number of hydrogen-bond acceptors (Lipinski definition) is 4. The van der Waals surface area contributed by atoms with Crippen LogP contribution in [0.3, 0.4) is 0 Å². The number of hydrogen-bond donors (Lipinski definition) is 1. The van der Waals surface area contributed by atoms with Gasteiger partial charge in [0.05, 0.1) is 17.2 Å². The maximum Gasteiger partial charge on any atom is 0.338 e. The smallest absolute Gasteiger partial charge is 0.338 e. The monoisotopic (exact) mass is 342 g/mol. The average molecular weight is 343 g/mol. The normalized spacial score (nSPS) is 11.2. The summed E-state index contributed by atoms with van der Waals surface area (Å²) in [6.45, 7) is 3.30. The number of nitrogens with zero attached hydrogens (tertiary/aromatic N) is 1. The van der Waals surface area contributed by atoms with Crippen molar-refractivity contribution in [1.82, 2.24) is 0 Å². The lowest BCUT2D eigenvalue weighted by Crippen LogP contribution is -2.30. The van der Waals surface area contributed by atoms with Crippen molar-refractivity contribution in [3.05, 3.63) is 64.2 Å². The van der Waals surface area contributed by atoms with Crippen molar-refractivity contribution in [2.45, 2.75) is 20.0 Å². The molecule has 0 aliphatic heterocycles. The Morgan fingerprint density at radius 1 is 1.25 bits per heavy atom. The van der Waals surface area contributed by atoms with Crippen molar-refractivity contribution in [1.29, 1.82) is 5.26 Å². The standard InChI is InChI=1S/C18H15ClN2O3/c1-11-6-7-15(19)9-16(11)21-17(22)12(2)24-18(23)14-5-3-4-13(8-14)10-20/h3-9,12H,1-2H3,(H,21,22)/t12-/m1/s1. The van der Waals surface area contributed by atoms with Crippen molar-refractivity contribution >= 4 is 29.2 Å². The van der Waals surface area contributed by atoms with Gasteiger partial charge in [0, 0.05) is 10.7 Å². The number of aryl methyl sites for hydroxylation is 1. The number of ether oxygens (including phenoxy) is 1. The van der Waals surface area contributed by atoms with E-state index in [1.807, 2.05) is 13.0 Å². The van der Waals surface area contributed by atoms with Gasteiger partial charge >= 0.3 is 5.97 Å². The van der Waals surface area contributed by atoms with Crippen LogP contribution in [0, 0.1) is 18.3 Å². The fraction of sp³-hybridized carbons (Fsp3) is 0.167. The Bertz CT molecular complexity index is 827. The minimum absolute atomic E-state index is 0.215. The zero-order chi connectivity index (χ0) is 17.7. The summed E-state index contributed by atoms with van der Waals surface area (Å²) in [4.78, 5) is 24.3. The lowest BCUT2D eigenvalue weighted by Gasteiger charge is -2.15. The molecule has 2 rings (SSSR count). The predicted molar refractivity (Wildman–Crippen MR) is 90.9 cm³/mol. The van der Waals surface area contributed by atoms with Crippen LogP contribution in [0.5, 0.6) is 0 Å². The fourth-order valence-corrected chi connectivity index (χ4v) is 2.13. The van der Waals surface area contributed by atoms with E-state index in [1.165, 1.54) is 19.1 Å². The van der Waals surface area contributed by atoms with E-state index in [-0.39, 0.29) is 5.56 Å². The van der Waals surface area contributed by atoms with Gasteiger partial charge in [-0.2, -0.15) is 5.26 Å². The van der Waals surface area contributed by atoms with E-state index in [0.717, 1.165) is 5.56 Å². The number of carbonyl (C=O) groups excluding carboxylic acids is 2. The summed E-state index contributed by atoms with van der Waals surface area (Å²) < 4.78 is 5.15. The second-order valence-corrected chi connectivity index (χ2v) is 5.63. The molecular weight excluding hydrogens is 328 g/mol. The largest absolute Gasteiger partial charge is 0.449 e. The molecule has 2 aromatic rings. The number of halogens is 1. The van der Waals surface area contributed by atoms with E-state index in [1.54, 1.807) is 30.3 Å². The number of rotatable bonds is 4. The van der Waals surface area contributed by atoms with E-state index in [4.69, 9.17) is 21.6 Å². The first-order chi connectivity index (χ1) is 11.4. The molecular formula is C18H15ClN2O3. The van der Waals surface area contributed by atoms with Crippen molar-refractivity contribution in [3.63, 3.8) is 0 Å². The van der Waals surface area contributed by atoms with Gasteiger partial charge < -0.3 is 10.1 Å². The molecule has 0 aliphatic carbocycles. The Hall–Kier alpha value is -2.84. The van der Waals surface area contributed by atoms with Crippen LogP contribution in [0.2, 0.25) is 5.02 Å².